The number of aromatic nitrogens is 2. The number of fused-ring (bicyclic) bond motifs is 1. The Morgan fingerprint density at radius 2 is 1.89 bits per heavy atom. The molecule has 2 heterocycles. The van der Waals surface area contributed by atoms with Crippen molar-refractivity contribution in [2.45, 2.75) is 45.1 Å². The first-order valence-corrected chi connectivity index (χ1v) is 9.66. The van der Waals surface area contributed by atoms with Crippen LogP contribution in [0.3, 0.4) is 0 Å². The predicted molar refractivity (Wildman–Crippen MR) is 101 cm³/mol. The molecular weight excluding hydrogens is 344 g/mol. The Bertz CT molecular complexity index is 845. The van der Waals surface area contributed by atoms with Crippen LogP contribution in [0.4, 0.5) is 5.69 Å². The van der Waals surface area contributed by atoms with Gasteiger partial charge in [-0.25, -0.2) is 4.68 Å². The van der Waals surface area contributed by atoms with Gasteiger partial charge in [-0.1, -0.05) is 19.8 Å². The normalized spacial score (nSPS) is 25.1. The Labute approximate surface area is 158 Å². The van der Waals surface area contributed by atoms with Crippen LogP contribution in [-0.2, 0) is 0 Å². The summed E-state index contributed by atoms with van der Waals surface area (Å²) >= 11 is 0. The molecule has 1 aliphatic heterocycles. The summed E-state index contributed by atoms with van der Waals surface area (Å²) < 4.78 is 1.60. The number of hydrogen-bond donors (Lipinski definition) is 0. The number of amides is 1. The molecule has 27 heavy (non-hydrogen) atoms. The number of piperidine rings is 1. The first kappa shape index (κ1) is 17.7. The van der Waals surface area contributed by atoms with E-state index in [4.69, 9.17) is 0 Å². The summed E-state index contributed by atoms with van der Waals surface area (Å²) in [7, 11) is 0. The van der Waals surface area contributed by atoms with Crippen molar-refractivity contribution in [2.24, 2.45) is 11.8 Å². The third kappa shape index (κ3) is 3.34. The smallest absolute Gasteiger partial charge is 0.274 e. The van der Waals surface area contributed by atoms with Gasteiger partial charge >= 0.3 is 0 Å². The molecular formula is C20H24N4O3. The summed E-state index contributed by atoms with van der Waals surface area (Å²) in [6.45, 7) is 3.11. The molecule has 3 atom stereocenters. The lowest BCUT2D eigenvalue weighted by atomic mass is 9.72. The van der Waals surface area contributed by atoms with Crippen molar-refractivity contribution >= 4 is 11.6 Å². The number of nitrogens with zero attached hydrogens (tertiary/aromatic N) is 4. The maximum atomic E-state index is 13.1. The maximum absolute atomic E-state index is 13.1. The zero-order valence-electron chi connectivity index (χ0n) is 15.5. The minimum atomic E-state index is -0.431. The first-order chi connectivity index (χ1) is 13.0. The number of likely N-dealkylation sites (tertiary alicyclic amines) is 1. The van der Waals surface area contributed by atoms with Crippen molar-refractivity contribution in [1.29, 1.82) is 0 Å². The Morgan fingerprint density at radius 3 is 2.63 bits per heavy atom. The van der Waals surface area contributed by atoms with Crippen molar-refractivity contribution < 1.29 is 9.72 Å². The summed E-state index contributed by atoms with van der Waals surface area (Å²) in [5.41, 5.74) is 1.17. The molecule has 0 bridgehead atoms. The van der Waals surface area contributed by atoms with Crippen LogP contribution in [0.5, 0.6) is 0 Å². The van der Waals surface area contributed by atoms with Gasteiger partial charge in [0.1, 0.15) is 0 Å². The molecule has 142 valence electrons. The van der Waals surface area contributed by atoms with Crippen LogP contribution >= 0.6 is 0 Å². The van der Waals surface area contributed by atoms with E-state index in [1.54, 1.807) is 29.1 Å². The number of non-ortho nitro benzene ring substituents is 1. The van der Waals surface area contributed by atoms with Crippen LogP contribution in [0.2, 0.25) is 0 Å². The highest BCUT2D eigenvalue weighted by Gasteiger charge is 2.40. The average molecular weight is 368 g/mol. The summed E-state index contributed by atoms with van der Waals surface area (Å²) in [6.07, 6.45) is 7.54. The molecule has 4 rings (SSSR count). The fourth-order valence-corrected chi connectivity index (χ4v) is 4.62. The number of rotatable bonds is 3. The molecule has 1 aliphatic carbocycles. The van der Waals surface area contributed by atoms with Crippen molar-refractivity contribution in [3.05, 3.63) is 52.3 Å². The molecule has 2 aliphatic rings. The summed E-state index contributed by atoms with van der Waals surface area (Å²) in [4.78, 5) is 25.5. The van der Waals surface area contributed by atoms with Gasteiger partial charge in [0.15, 0.2) is 5.69 Å². The fraction of sp³-hybridized carbons (Fsp3) is 0.500. The fourth-order valence-electron chi connectivity index (χ4n) is 4.62. The summed E-state index contributed by atoms with van der Waals surface area (Å²) in [5, 5.41) is 15.2. The molecule has 0 radical (unpaired) electrons. The van der Waals surface area contributed by atoms with Gasteiger partial charge in [-0.2, -0.15) is 5.10 Å². The molecule has 1 saturated heterocycles. The molecule has 7 heteroatoms. The molecule has 2 fully saturated rings. The van der Waals surface area contributed by atoms with Gasteiger partial charge in [-0.15, -0.1) is 0 Å². The number of nitro benzene ring substituents is 1. The summed E-state index contributed by atoms with van der Waals surface area (Å²) in [6, 6.07) is 8.23. The molecule has 7 nitrogen and oxygen atoms in total. The van der Waals surface area contributed by atoms with Gasteiger partial charge in [-0.3, -0.25) is 14.9 Å². The van der Waals surface area contributed by atoms with E-state index in [1.165, 1.54) is 31.4 Å². The predicted octanol–water partition coefficient (Wildman–Crippen LogP) is 3.82. The molecule has 1 aromatic heterocycles. The highest BCUT2D eigenvalue weighted by Crippen LogP contribution is 2.39. The third-order valence-electron chi connectivity index (χ3n) is 6.13. The van der Waals surface area contributed by atoms with Crippen molar-refractivity contribution in [2.75, 3.05) is 6.54 Å². The quantitative estimate of drug-likeness (QED) is 0.609. The first-order valence-electron chi connectivity index (χ1n) is 9.66. The monoisotopic (exact) mass is 368 g/mol. The number of carbonyl (C=O) groups is 1. The lowest BCUT2D eigenvalue weighted by Gasteiger charge is -2.47. The standard InChI is InChI=1S/C20H24N4O3/c1-14-10-12-22(19-5-3-2-4-17(14)19)20(25)18-11-13-23(21-18)15-6-8-16(9-7-15)24(26)27/h6-9,11,13-14,17,19H,2-5,10,12H2,1H3. The van der Waals surface area contributed by atoms with E-state index in [-0.39, 0.29) is 11.6 Å². The molecule has 2 aromatic rings. The van der Waals surface area contributed by atoms with Gasteiger partial charge < -0.3 is 4.90 Å². The van der Waals surface area contributed by atoms with E-state index in [0.717, 1.165) is 19.4 Å². The van der Waals surface area contributed by atoms with Crippen LogP contribution < -0.4 is 0 Å². The SMILES string of the molecule is CC1CCN(C(=O)c2ccn(-c3ccc([N+](=O)[O-])cc3)n2)C2CCCCC12. The van der Waals surface area contributed by atoms with E-state index >= 15 is 0 Å². The second-order valence-electron chi connectivity index (χ2n) is 7.70. The van der Waals surface area contributed by atoms with E-state index in [2.05, 4.69) is 12.0 Å². The third-order valence-corrected chi connectivity index (χ3v) is 6.13. The van der Waals surface area contributed by atoms with Crippen LogP contribution in [0.15, 0.2) is 36.5 Å². The Hall–Kier alpha value is -2.70. The second-order valence-corrected chi connectivity index (χ2v) is 7.70. The van der Waals surface area contributed by atoms with Crippen LogP contribution in [0.25, 0.3) is 5.69 Å². The molecule has 0 N–H and O–H groups in total. The molecule has 3 unspecified atom stereocenters. The van der Waals surface area contributed by atoms with Gasteiger partial charge in [-0.05, 0) is 49.3 Å². The number of nitro groups is 1. The van der Waals surface area contributed by atoms with Crippen molar-refractivity contribution in [3.8, 4) is 5.69 Å². The summed E-state index contributed by atoms with van der Waals surface area (Å²) in [5.74, 6) is 1.28. The number of carbonyl (C=O) groups excluding carboxylic acids is 1. The van der Waals surface area contributed by atoms with Crippen molar-refractivity contribution in [3.63, 3.8) is 0 Å². The number of hydrogen-bond acceptors (Lipinski definition) is 4. The second kappa shape index (κ2) is 7.13. The minimum absolute atomic E-state index is 0.000498. The molecule has 1 amide bonds. The van der Waals surface area contributed by atoms with E-state index in [9.17, 15) is 14.9 Å². The van der Waals surface area contributed by atoms with E-state index in [1.807, 2.05) is 4.90 Å². The van der Waals surface area contributed by atoms with E-state index < -0.39 is 4.92 Å². The highest BCUT2D eigenvalue weighted by molar-refractivity contribution is 5.92. The zero-order chi connectivity index (χ0) is 19.0. The Balaban J connectivity index is 1.54. The zero-order valence-corrected chi connectivity index (χ0v) is 15.5. The minimum Gasteiger partial charge on any atom is -0.334 e. The van der Waals surface area contributed by atoms with Gasteiger partial charge in [0.05, 0.1) is 10.6 Å². The Morgan fingerprint density at radius 1 is 1.15 bits per heavy atom. The van der Waals surface area contributed by atoms with Gasteiger partial charge in [0.2, 0.25) is 0 Å². The topological polar surface area (TPSA) is 81.3 Å². The largest absolute Gasteiger partial charge is 0.334 e. The van der Waals surface area contributed by atoms with Crippen LogP contribution in [-0.4, -0.2) is 38.1 Å². The van der Waals surface area contributed by atoms with Crippen LogP contribution in [0.1, 0.15) is 49.5 Å². The Kier molecular flexibility index (Phi) is 4.68. The molecule has 0 spiro atoms. The van der Waals surface area contributed by atoms with Gasteiger partial charge in [0.25, 0.3) is 11.6 Å². The maximum Gasteiger partial charge on any atom is 0.274 e. The number of benzene rings is 1. The highest BCUT2D eigenvalue weighted by atomic mass is 16.6. The van der Waals surface area contributed by atoms with Crippen LogP contribution in [0, 0.1) is 22.0 Å². The lowest BCUT2D eigenvalue weighted by molar-refractivity contribution is -0.384. The lowest BCUT2D eigenvalue weighted by Crippen LogP contribution is -2.52. The average Bonchev–Trinajstić information content (AvgIpc) is 3.18. The molecule has 1 saturated carbocycles. The van der Waals surface area contributed by atoms with E-state index in [0.29, 0.717) is 29.3 Å². The van der Waals surface area contributed by atoms with Crippen molar-refractivity contribution in [1.82, 2.24) is 14.7 Å². The van der Waals surface area contributed by atoms with Gasteiger partial charge in [0, 0.05) is 30.9 Å². The molecule has 1 aromatic carbocycles.